The highest BCUT2D eigenvalue weighted by Crippen LogP contribution is 2.37. The summed E-state index contributed by atoms with van der Waals surface area (Å²) in [6.45, 7) is 1.08. The van der Waals surface area contributed by atoms with Gasteiger partial charge in [0, 0.05) is 6.20 Å². The molecule has 0 aromatic carbocycles. The first-order chi connectivity index (χ1) is 9.77. The fourth-order valence-electron chi connectivity index (χ4n) is 1.68. The third-order valence-corrected chi connectivity index (χ3v) is 2.66. The van der Waals surface area contributed by atoms with E-state index in [4.69, 9.17) is 10.00 Å². The fraction of sp³-hybridized carbons (Fsp3) is 0.417. The number of hydrogen-bond acceptors (Lipinski definition) is 5. The number of ether oxygens (including phenoxy) is 2. The molecule has 1 aromatic rings. The standard InChI is InChI=1S/C12H10F3N3O3/c1-7-6-20-12(21-7,11(13,14)15)18-10(19)9-3-2-8(4-16)5-17-9/h2-3,5,7H,6H2,1H3,(H,18,19). The number of nitrogens with one attached hydrogen (secondary N) is 1. The molecule has 2 atom stereocenters. The van der Waals surface area contributed by atoms with Gasteiger partial charge in [-0.05, 0) is 19.1 Å². The van der Waals surface area contributed by atoms with Crippen molar-refractivity contribution in [1.29, 1.82) is 5.26 Å². The molecule has 112 valence electrons. The molecule has 1 aliphatic rings. The molecule has 1 amide bonds. The van der Waals surface area contributed by atoms with E-state index < -0.39 is 24.1 Å². The molecular formula is C12H10F3N3O3. The summed E-state index contributed by atoms with van der Waals surface area (Å²) in [5.74, 6) is -4.30. The Balaban J connectivity index is 2.21. The molecule has 21 heavy (non-hydrogen) atoms. The predicted octanol–water partition coefficient (Wildman–Crippen LogP) is 1.33. The molecule has 2 heterocycles. The third kappa shape index (κ3) is 2.96. The smallest absolute Gasteiger partial charge is 0.323 e. The zero-order chi connectivity index (χ0) is 15.7. The van der Waals surface area contributed by atoms with Crippen LogP contribution in [-0.4, -0.2) is 35.7 Å². The largest absolute Gasteiger partial charge is 0.465 e. The molecule has 2 rings (SSSR count). The monoisotopic (exact) mass is 301 g/mol. The molecule has 0 bridgehead atoms. The van der Waals surface area contributed by atoms with Crippen LogP contribution in [0.1, 0.15) is 23.0 Å². The number of hydrogen-bond donors (Lipinski definition) is 1. The average molecular weight is 301 g/mol. The summed E-state index contributed by atoms with van der Waals surface area (Å²) in [5, 5.41) is 10.3. The van der Waals surface area contributed by atoms with Gasteiger partial charge in [0.1, 0.15) is 11.8 Å². The minimum Gasteiger partial charge on any atom is -0.323 e. The topological polar surface area (TPSA) is 84.2 Å². The van der Waals surface area contributed by atoms with Gasteiger partial charge < -0.3 is 9.47 Å². The number of alkyl halides is 3. The average Bonchev–Trinajstić information content (AvgIpc) is 2.81. The highest BCUT2D eigenvalue weighted by atomic mass is 19.4. The maximum Gasteiger partial charge on any atom is 0.465 e. The van der Waals surface area contributed by atoms with Crippen LogP contribution in [0.3, 0.4) is 0 Å². The van der Waals surface area contributed by atoms with Crippen LogP contribution in [0.25, 0.3) is 0 Å². The second-order valence-electron chi connectivity index (χ2n) is 4.35. The van der Waals surface area contributed by atoms with Crippen LogP contribution in [-0.2, 0) is 9.47 Å². The molecule has 1 aliphatic heterocycles. The van der Waals surface area contributed by atoms with Gasteiger partial charge in [0.15, 0.2) is 0 Å². The Morgan fingerprint density at radius 2 is 2.29 bits per heavy atom. The lowest BCUT2D eigenvalue weighted by molar-refractivity contribution is -0.355. The van der Waals surface area contributed by atoms with Gasteiger partial charge in [0.25, 0.3) is 5.91 Å². The molecule has 1 fully saturated rings. The van der Waals surface area contributed by atoms with Gasteiger partial charge in [0.2, 0.25) is 0 Å². The Labute approximate surface area is 117 Å². The number of aromatic nitrogens is 1. The number of nitriles is 1. The van der Waals surface area contributed by atoms with Gasteiger partial charge >= 0.3 is 12.1 Å². The van der Waals surface area contributed by atoms with Crippen molar-refractivity contribution in [2.45, 2.75) is 25.1 Å². The molecule has 0 spiro atoms. The second-order valence-corrected chi connectivity index (χ2v) is 4.35. The number of rotatable bonds is 2. The predicted molar refractivity (Wildman–Crippen MR) is 61.7 cm³/mol. The molecule has 2 unspecified atom stereocenters. The zero-order valence-corrected chi connectivity index (χ0v) is 10.8. The number of carbonyl (C=O) groups excluding carboxylic acids is 1. The number of amides is 1. The maximum absolute atomic E-state index is 13.1. The van der Waals surface area contributed by atoms with Crippen molar-refractivity contribution in [3.05, 3.63) is 29.6 Å². The van der Waals surface area contributed by atoms with E-state index in [-0.39, 0.29) is 17.9 Å². The van der Waals surface area contributed by atoms with E-state index >= 15 is 0 Å². The molecule has 1 aromatic heterocycles. The van der Waals surface area contributed by atoms with Crippen molar-refractivity contribution in [3.8, 4) is 6.07 Å². The van der Waals surface area contributed by atoms with E-state index in [1.54, 1.807) is 11.4 Å². The Hall–Kier alpha value is -2.18. The number of nitrogens with zero attached hydrogens (tertiary/aromatic N) is 2. The van der Waals surface area contributed by atoms with Crippen molar-refractivity contribution < 1.29 is 27.4 Å². The lowest BCUT2D eigenvalue weighted by Gasteiger charge is -2.30. The van der Waals surface area contributed by atoms with Gasteiger partial charge in [-0.1, -0.05) is 0 Å². The summed E-state index contributed by atoms with van der Waals surface area (Å²) in [7, 11) is 0. The first-order valence-corrected chi connectivity index (χ1v) is 5.84. The van der Waals surface area contributed by atoms with Gasteiger partial charge in [-0.3, -0.25) is 10.1 Å². The van der Waals surface area contributed by atoms with Crippen LogP contribution in [0.5, 0.6) is 0 Å². The molecule has 0 saturated carbocycles. The quantitative estimate of drug-likeness (QED) is 0.891. The van der Waals surface area contributed by atoms with Crippen molar-refractivity contribution in [1.82, 2.24) is 10.3 Å². The van der Waals surface area contributed by atoms with Crippen LogP contribution in [0.15, 0.2) is 18.3 Å². The molecule has 0 radical (unpaired) electrons. The number of halogens is 3. The van der Waals surface area contributed by atoms with Crippen molar-refractivity contribution >= 4 is 5.91 Å². The van der Waals surface area contributed by atoms with Crippen LogP contribution in [0, 0.1) is 11.3 Å². The first-order valence-electron chi connectivity index (χ1n) is 5.84. The van der Waals surface area contributed by atoms with Crippen LogP contribution in [0.4, 0.5) is 13.2 Å². The van der Waals surface area contributed by atoms with Crippen molar-refractivity contribution in [3.63, 3.8) is 0 Å². The summed E-state index contributed by atoms with van der Waals surface area (Å²) < 4.78 is 48.5. The SMILES string of the molecule is CC1COC(NC(=O)c2ccc(C#N)cn2)(C(F)(F)F)O1. The minimum atomic E-state index is -4.94. The summed E-state index contributed by atoms with van der Waals surface area (Å²) in [4.78, 5) is 15.5. The van der Waals surface area contributed by atoms with E-state index in [1.807, 2.05) is 0 Å². The Kier molecular flexibility index (Phi) is 3.85. The summed E-state index contributed by atoms with van der Waals surface area (Å²) in [5.41, 5.74) is -0.108. The summed E-state index contributed by atoms with van der Waals surface area (Å²) >= 11 is 0. The molecular weight excluding hydrogens is 291 g/mol. The Morgan fingerprint density at radius 3 is 2.71 bits per heavy atom. The zero-order valence-electron chi connectivity index (χ0n) is 10.8. The Morgan fingerprint density at radius 1 is 1.57 bits per heavy atom. The van der Waals surface area contributed by atoms with Gasteiger partial charge in [-0.2, -0.15) is 18.4 Å². The van der Waals surface area contributed by atoms with E-state index in [9.17, 15) is 18.0 Å². The number of pyridine rings is 1. The summed E-state index contributed by atoms with van der Waals surface area (Å²) in [6.07, 6.45) is -4.69. The van der Waals surface area contributed by atoms with E-state index in [0.29, 0.717) is 0 Å². The lowest BCUT2D eigenvalue weighted by atomic mass is 10.2. The highest BCUT2D eigenvalue weighted by Gasteiger charge is 2.63. The van der Waals surface area contributed by atoms with Crippen LogP contribution < -0.4 is 5.32 Å². The second kappa shape index (κ2) is 5.31. The minimum absolute atomic E-state index is 0.180. The van der Waals surface area contributed by atoms with Gasteiger partial charge in [0.05, 0.1) is 18.3 Å². The first kappa shape index (κ1) is 15.2. The molecule has 1 N–H and O–H groups in total. The van der Waals surface area contributed by atoms with Crippen LogP contribution >= 0.6 is 0 Å². The normalized spacial score (nSPS) is 25.4. The third-order valence-electron chi connectivity index (χ3n) is 2.66. The van der Waals surface area contributed by atoms with Gasteiger partial charge in [-0.25, -0.2) is 4.98 Å². The van der Waals surface area contributed by atoms with E-state index in [2.05, 4.69) is 9.72 Å². The number of carbonyl (C=O) groups is 1. The van der Waals surface area contributed by atoms with Crippen molar-refractivity contribution in [2.75, 3.05) is 6.61 Å². The molecule has 0 aliphatic carbocycles. The van der Waals surface area contributed by atoms with E-state index in [0.717, 1.165) is 12.3 Å². The van der Waals surface area contributed by atoms with Crippen LogP contribution in [0.2, 0.25) is 0 Å². The fourth-order valence-corrected chi connectivity index (χ4v) is 1.68. The Bertz CT molecular complexity index is 582. The van der Waals surface area contributed by atoms with E-state index in [1.165, 1.54) is 13.0 Å². The molecule has 6 nitrogen and oxygen atoms in total. The molecule has 1 saturated heterocycles. The van der Waals surface area contributed by atoms with Gasteiger partial charge in [-0.15, -0.1) is 0 Å². The van der Waals surface area contributed by atoms with Crippen molar-refractivity contribution in [2.24, 2.45) is 0 Å². The molecule has 9 heteroatoms. The maximum atomic E-state index is 13.1. The highest BCUT2D eigenvalue weighted by molar-refractivity contribution is 5.92. The lowest BCUT2D eigenvalue weighted by Crippen LogP contribution is -2.60. The summed E-state index contributed by atoms with van der Waals surface area (Å²) in [6, 6.07) is 4.18.